The average Bonchev–Trinajstić information content (AvgIpc) is 2.37. The Hall–Kier alpha value is -2.10. The minimum Gasteiger partial charge on any atom is -0.507 e. The molecule has 108 valence electrons. The second-order valence-electron chi connectivity index (χ2n) is 5.36. The van der Waals surface area contributed by atoms with E-state index in [4.69, 9.17) is 5.11 Å². The molecule has 0 heterocycles. The van der Waals surface area contributed by atoms with E-state index in [0.717, 1.165) is 17.2 Å². The molecule has 0 unspecified atom stereocenters. The van der Waals surface area contributed by atoms with Gasteiger partial charge in [0, 0.05) is 11.6 Å². The standard InChI is InChI=1S/C16H20O4/c1-9(2)11-5-6-12(10(3)4)13(7-11)14(17)8-15(18)16(19)20/h5-10,17H,1-4H3,(H,19,20)/b14-8-. The number of aliphatic hydroxyl groups is 1. The third kappa shape index (κ3) is 3.70. The molecule has 0 fully saturated rings. The molecule has 0 saturated heterocycles. The summed E-state index contributed by atoms with van der Waals surface area (Å²) in [7, 11) is 0. The number of hydrogen-bond acceptors (Lipinski definition) is 3. The van der Waals surface area contributed by atoms with Crippen LogP contribution in [0.5, 0.6) is 0 Å². The van der Waals surface area contributed by atoms with Gasteiger partial charge in [-0.3, -0.25) is 4.79 Å². The normalized spacial score (nSPS) is 12.0. The van der Waals surface area contributed by atoms with Gasteiger partial charge in [-0.2, -0.15) is 0 Å². The lowest BCUT2D eigenvalue weighted by Gasteiger charge is -2.15. The Morgan fingerprint density at radius 2 is 1.65 bits per heavy atom. The van der Waals surface area contributed by atoms with Crippen molar-refractivity contribution in [3.63, 3.8) is 0 Å². The van der Waals surface area contributed by atoms with Crippen LogP contribution in [0.3, 0.4) is 0 Å². The smallest absolute Gasteiger partial charge is 0.376 e. The highest BCUT2D eigenvalue weighted by atomic mass is 16.4. The number of benzene rings is 1. The van der Waals surface area contributed by atoms with Gasteiger partial charge in [-0.05, 0) is 29.0 Å². The quantitative estimate of drug-likeness (QED) is 0.490. The summed E-state index contributed by atoms with van der Waals surface area (Å²) >= 11 is 0. The molecule has 0 bridgehead atoms. The number of carbonyl (C=O) groups excluding carboxylic acids is 1. The number of ketones is 1. The van der Waals surface area contributed by atoms with E-state index in [1.54, 1.807) is 6.07 Å². The number of aliphatic carboxylic acids is 1. The lowest BCUT2D eigenvalue weighted by molar-refractivity contribution is -0.146. The zero-order chi connectivity index (χ0) is 15.4. The summed E-state index contributed by atoms with van der Waals surface area (Å²) in [6, 6.07) is 5.70. The van der Waals surface area contributed by atoms with E-state index in [2.05, 4.69) is 0 Å². The van der Waals surface area contributed by atoms with Gasteiger partial charge in [-0.15, -0.1) is 0 Å². The fourth-order valence-electron chi connectivity index (χ4n) is 1.92. The van der Waals surface area contributed by atoms with Gasteiger partial charge in [0.25, 0.3) is 5.78 Å². The Morgan fingerprint density at radius 3 is 2.10 bits per heavy atom. The Balaban J connectivity index is 3.35. The van der Waals surface area contributed by atoms with Gasteiger partial charge < -0.3 is 10.2 Å². The van der Waals surface area contributed by atoms with Crippen molar-refractivity contribution in [2.24, 2.45) is 0 Å². The van der Waals surface area contributed by atoms with E-state index < -0.39 is 11.8 Å². The zero-order valence-corrected chi connectivity index (χ0v) is 12.2. The molecule has 1 aromatic rings. The second kappa shape index (κ2) is 6.37. The van der Waals surface area contributed by atoms with Crippen LogP contribution in [0.4, 0.5) is 0 Å². The first-order valence-electron chi connectivity index (χ1n) is 6.56. The van der Waals surface area contributed by atoms with Gasteiger partial charge in [-0.1, -0.05) is 39.8 Å². The van der Waals surface area contributed by atoms with Crippen molar-refractivity contribution in [2.45, 2.75) is 39.5 Å². The summed E-state index contributed by atoms with van der Waals surface area (Å²) in [5, 5.41) is 18.6. The maximum absolute atomic E-state index is 11.2. The molecule has 0 saturated carbocycles. The maximum atomic E-state index is 11.2. The molecular formula is C16H20O4. The number of hydrogen-bond donors (Lipinski definition) is 2. The van der Waals surface area contributed by atoms with Gasteiger partial charge in [0.2, 0.25) is 0 Å². The minimum absolute atomic E-state index is 0.154. The first-order chi connectivity index (χ1) is 9.23. The van der Waals surface area contributed by atoms with Crippen LogP contribution in [0.1, 0.15) is 56.2 Å². The lowest BCUT2D eigenvalue weighted by Crippen LogP contribution is -2.10. The summed E-state index contributed by atoms with van der Waals surface area (Å²) in [5.41, 5.74) is 2.41. The number of carboxylic acid groups (broad SMARTS) is 1. The molecule has 0 aliphatic carbocycles. The third-order valence-corrected chi connectivity index (χ3v) is 3.12. The fraction of sp³-hybridized carbons (Fsp3) is 0.375. The molecule has 0 amide bonds. The Kier molecular flexibility index (Phi) is 5.08. The number of carbonyl (C=O) groups is 2. The number of carboxylic acids is 1. The van der Waals surface area contributed by atoms with E-state index in [1.165, 1.54) is 0 Å². The zero-order valence-electron chi connectivity index (χ0n) is 12.2. The molecule has 20 heavy (non-hydrogen) atoms. The van der Waals surface area contributed by atoms with Crippen LogP contribution in [0.25, 0.3) is 5.76 Å². The van der Waals surface area contributed by atoms with Crippen LogP contribution in [-0.4, -0.2) is 22.0 Å². The Bertz CT molecular complexity index is 554. The van der Waals surface area contributed by atoms with Crippen molar-refractivity contribution in [1.82, 2.24) is 0 Å². The highest BCUT2D eigenvalue weighted by Gasteiger charge is 2.15. The SMILES string of the molecule is CC(C)c1ccc(C(C)C)c(/C(O)=C/C(=O)C(=O)O)c1. The van der Waals surface area contributed by atoms with Gasteiger partial charge in [-0.25, -0.2) is 4.79 Å². The van der Waals surface area contributed by atoms with E-state index in [0.29, 0.717) is 5.56 Å². The van der Waals surface area contributed by atoms with Crippen LogP contribution < -0.4 is 0 Å². The van der Waals surface area contributed by atoms with E-state index in [1.807, 2.05) is 39.8 Å². The Labute approximate surface area is 118 Å². The van der Waals surface area contributed by atoms with E-state index >= 15 is 0 Å². The molecule has 0 radical (unpaired) electrons. The Morgan fingerprint density at radius 1 is 1.05 bits per heavy atom. The molecule has 0 aromatic heterocycles. The average molecular weight is 276 g/mol. The predicted octanol–water partition coefficient (Wildman–Crippen LogP) is 3.49. The highest BCUT2D eigenvalue weighted by molar-refractivity contribution is 6.38. The summed E-state index contributed by atoms with van der Waals surface area (Å²) in [6.07, 6.45) is 0.758. The van der Waals surface area contributed by atoms with Gasteiger partial charge in [0.05, 0.1) is 0 Å². The van der Waals surface area contributed by atoms with Crippen molar-refractivity contribution >= 4 is 17.5 Å². The number of aliphatic hydroxyl groups excluding tert-OH is 1. The van der Waals surface area contributed by atoms with Crippen molar-refractivity contribution < 1.29 is 19.8 Å². The topological polar surface area (TPSA) is 74.6 Å². The highest BCUT2D eigenvalue weighted by Crippen LogP contribution is 2.28. The van der Waals surface area contributed by atoms with Gasteiger partial charge in [0.1, 0.15) is 5.76 Å². The summed E-state index contributed by atoms with van der Waals surface area (Å²) in [5.74, 6) is -2.59. The lowest BCUT2D eigenvalue weighted by atomic mass is 9.91. The second-order valence-corrected chi connectivity index (χ2v) is 5.36. The molecule has 0 spiro atoms. The first kappa shape index (κ1) is 16.0. The van der Waals surface area contributed by atoms with E-state index in [9.17, 15) is 14.7 Å². The van der Waals surface area contributed by atoms with Crippen LogP contribution in [0.2, 0.25) is 0 Å². The molecule has 4 heteroatoms. The predicted molar refractivity (Wildman–Crippen MR) is 77.9 cm³/mol. The van der Waals surface area contributed by atoms with Crippen molar-refractivity contribution in [1.29, 1.82) is 0 Å². The molecule has 1 aromatic carbocycles. The van der Waals surface area contributed by atoms with Crippen molar-refractivity contribution in [2.75, 3.05) is 0 Å². The monoisotopic (exact) mass is 276 g/mol. The van der Waals surface area contributed by atoms with Crippen molar-refractivity contribution in [3.05, 3.63) is 41.0 Å². The molecule has 4 nitrogen and oxygen atoms in total. The number of rotatable bonds is 5. The third-order valence-electron chi connectivity index (χ3n) is 3.12. The van der Waals surface area contributed by atoms with Crippen LogP contribution in [-0.2, 0) is 9.59 Å². The minimum atomic E-state index is -1.58. The molecule has 0 aliphatic rings. The molecule has 0 atom stereocenters. The molecule has 1 rings (SSSR count). The van der Waals surface area contributed by atoms with Gasteiger partial charge >= 0.3 is 5.97 Å². The van der Waals surface area contributed by atoms with Crippen LogP contribution >= 0.6 is 0 Å². The summed E-state index contributed by atoms with van der Waals surface area (Å²) in [4.78, 5) is 21.7. The first-order valence-corrected chi connectivity index (χ1v) is 6.56. The largest absolute Gasteiger partial charge is 0.507 e. The van der Waals surface area contributed by atoms with E-state index in [-0.39, 0.29) is 17.6 Å². The maximum Gasteiger partial charge on any atom is 0.376 e. The molecular weight excluding hydrogens is 256 g/mol. The summed E-state index contributed by atoms with van der Waals surface area (Å²) in [6.45, 7) is 8.00. The molecule has 2 N–H and O–H groups in total. The summed E-state index contributed by atoms with van der Waals surface area (Å²) < 4.78 is 0. The fourth-order valence-corrected chi connectivity index (χ4v) is 1.92. The van der Waals surface area contributed by atoms with Crippen LogP contribution in [0.15, 0.2) is 24.3 Å². The van der Waals surface area contributed by atoms with Crippen LogP contribution in [0, 0.1) is 0 Å². The van der Waals surface area contributed by atoms with Crippen molar-refractivity contribution in [3.8, 4) is 0 Å². The van der Waals surface area contributed by atoms with Gasteiger partial charge in [0.15, 0.2) is 0 Å². The molecule has 0 aliphatic heterocycles.